The molecule has 0 amide bonds. The number of halogens is 3. The highest BCUT2D eigenvalue weighted by atomic mass is 19.4. The predicted octanol–water partition coefficient (Wildman–Crippen LogP) is 4.17. The number of hydrogen-bond donors (Lipinski definition) is 0. The molecular formula is C17H9F3O2. The van der Waals surface area contributed by atoms with Gasteiger partial charge in [0.25, 0.3) is 0 Å². The van der Waals surface area contributed by atoms with E-state index in [1.54, 1.807) is 18.2 Å². The van der Waals surface area contributed by atoms with Crippen LogP contribution < -0.4 is 0 Å². The number of alkyl halides is 3. The summed E-state index contributed by atoms with van der Waals surface area (Å²) in [4.78, 5) is 24.4. The summed E-state index contributed by atoms with van der Waals surface area (Å²) in [5.74, 6) is -0.694. The van der Waals surface area contributed by atoms with E-state index in [2.05, 4.69) is 0 Å². The molecule has 2 nitrogen and oxygen atoms in total. The Balaban J connectivity index is 2.03. The van der Waals surface area contributed by atoms with E-state index in [1.165, 1.54) is 24.3 Å². The van der Waals surface area contributed by atoms with Gasteiger partial charge in [0.05, 0.1) is 5.56 Å². The van der Waals surface area contributed by atoms with Crippen molar-refractivity contribution in [1.29, 1.82) is 0 Å². The fraction of sp³-hybridized carbons (Fsp3) is 0.0588. The fourth-order valence-electron chi connectivity index (χ4n) is 2.37. The zero-order chi connectivity index (χ0) is 15.9. The lowest BCUT2D eigenvalue weighted by Gasteiger charge is -2.15. The van der Waals surface area contributed by atoms with Crippen LogP contribution in [0.15, 0.2) is 54.6 Å². The van der Waals surface area contributed by atoms with Crippen molar-refractivity contribution in [3.63, 3.8) is 0 Å². The van der Waals surface area contributed by atoms with E-state index >= 15 is 0 Å². The number of hydrogen-bond acceptors (Lipinski definition) is 2. The van der Waals surface area contributed by atoms with Crippen molar-refractivity contribution < 1.29 is 22.8 Å². The number of rotatable bonds is 1. The van der Waals surface area contributed by atoms with Crippen LogP contribution in [-0.4, -0.2) is 11.6 Å². The first-order valence-corrected chi connectivity index (χ1v) is 6.45. The van der Waals surface area contributed by atoms with Gasteiger partial charge in [-0.25, -0.2) is 0 Å². The van der Waals surface area contributed by atoms with Gasteiger partial charge in [0.2, 0.25) is 0 Å². The molecule has 0 aromatic heterocycles. The predicted molar refractivity (Wildman–Crippen MR) is 74.5 cm³/mol. The second kappa shape index (κ2) is 4.94. The molecular weight excluding hydrogens is 293 g/mol. The molecule has 2 aromatic rings. The van der Waals surface area contributed by atoms with E-state index in [0.29, 0.717) is 11.1 Å². The molecule has 0 saturated heterocycles. The molecule has 0 spiro atoms. The average molecular weight is 302 g/mol. The highest BCUT2D eigenvalue weighted by Crippen LogP contribution is 2.32. The highest BCUT2D eigenvalue weighted by molar-refractivity contribution is 6.38. The van der Waals surface area contributed by atoms with Gasteiger partial charge >= 0.3 is 6.18 Å². The van der Waals surface area contributed by atoms with Gasteiger partial charge in [0.1, 0.15) is 0 Å². The van der Waals surface area contributed by atoms with Gasteiger partial charge < -0.3 is 0 Å². The van der Waals surface area contributed by atoms with Crippen LogP contribution in [0, 0.1) is 0 Å². The Labute approximate surface area is 123 Å². The normalized spacial score (nSPS) is 14.6. The third-order valence-corrected chi connectivity index (χ3v) is 3.48. The maximum absolute atomic E-state index is 12.6. The van der Waals surface area contributed by atoms with E-state index in [4.69, 9.17) is 0 Å². The maximum atomic E-state index is 12.6. The van der Waals surface area contributed by atoms with E-state index in [9.17, 15) is 22.8 Å². The third kappa shape index (κ3) is 2.35. The quantitative estimate of drug-likeness (QED) is 0.792. The van der Waals surface area contributed by atoms with Crippen molar-refractivity contribution in [2.24, 2.45) is 0 Å². The van der Waals surface area contributed by atoms with Crippen LogP contribution in [0.25, 0.3) is 5.57 Å². The van der Waals surface area contributed by atoms with Gasteiger partial charge in [-0.05, 0) is 23.8 Å². The minimum atomic E-state index is -4.44. The zero-order valence-electron chi connectivity index (χ0n) is 11.1. The number of benzene rings is 2. The minimum absolute atomic E-state index is 0.109. The second-order valence-corrected chi connectivity index (χ2v) is 4.87. The summed E-state index contributed by atoms with van der Waals surface area (Å²) in [7, 11) is 0. The number of allylic oxidation sites excluding steroid dienone is 2. The van der Waals surface area contributed by atoms with Crippen LogP contribution in [0.2, 0.25) is 0 Å². The number of Topliss-reactive ketones (excluding diaryl/α,β-unsaturated/α-hetero) is 1. The number of fused-ring (bicyclic) bond motifs is 1. The Kier molecular flexibility index (Phi) is 3.20. The van der Waals surface area contributed by atoms with E-state index in [1.807, 2.05) is 0 Å². The molecule has 22 heavy (non-hydrogen) atoms. The summed E-state index contributed by atoms with van der Waals surface area (Å²) in [5, 5.41) is 0. The van der Waals surface area contributed by atoms with Gasteiger partial charge in [0.15, 0.2) is 11.6 Å². The minimum Gasteiger partial charge on any atom is -0.289 e. The SMILES string of the molecule is O=C1C=C(c2ccc(C(F)(F)F)cc2)C(=O)c2ccccc21. The third-order valence-electron chi connectivity index (χ3n) is 3.48. The molecule has 0 fully saturated rings. The first kappa shape index (κ1) is 14.3. The molecule has 0 unspecified atom stereocenters. The van der Waals surface area contributed by atoms with E-state index in [0.717, 1.165) is 12.1 Å². The van der Waals surface area contributed by atoms with Gasteiger partial charge in [-0.1, -0.05) is 36.4 Å². The number of carbonyl (C=O) groups is 2. The highest BCUT2D eigenvalue weighted by Gasteiger charge is 2.31. The van der Waals surface area contributed by atoms with Gasteiger partial charge in [-0.3, -0.25) is 9.59 Å². The van der Waals surface area contributed by atoms with E-state index in [-0.39, 0.29) is 22.7 Å². The van der Waals surface area contributed by atoms with Crippen molar-refractivity contribution in [2.45, 2.75) is 6.18 Å². The van der Waals surface area contributed by atoms with Crippen LogP contribution in [0.1, 0.15) is 31.8 Å². The summed E-state index contributed by atoms with van der Waals surface area (Å²) in [6.45, 7) is 0. The molecule has 1 aliphatic carbocycles. The molecule has 0 radical (unpaired) electrons. The van der Waals surface area contributed by atoms with Crippen LogP contribution in [0.4, 0.5) is 13.2 Å². The van der Waals surface area contributed by atoms with Crippen molar-refractivity contribution in [3.8, 4) is 0 Å². The second-order valence-electron chi connectivity index (χ2n) is 4.87. The van der Waals surface area contributed by atoms with Gasteiger partial charge in [-0.2, -0.15) is 13.2 Å². The van der Waals surface area contributed by atoms with E-state index < -0.39 is 11.7 Å². The lowest BCUT2D eigenvalue weighted by Crippen LogP contribution is -2.16. The molecule has 0 bridgehead atoms. The van der Waals surface area contributed by atoms with Crippen LogP contribution in [0.5, 0.6) is 0 Å². The van der Waals surface area contributed by atoms with Crippen molar-refractivity contribution >= 4 is 17.1 Å². The fourth-order valence-corrected chi connectivity index (χ4v) is 2.37. The Hall–Kier alpha value is -2.69. The Bertz CT molecular complexity index is 799. The monoisotopic (exact) mass is 302 g/mol. The average Bonchev–Trinajstić information content (AvgIpc) is 2.50. The van der Waals surface area contributed by atoms with Crippen molar-refractivity contribution in [3.05, 3.63) is 76.9 Å². The molecule has 0 heterocycles. The Morgan fingerprint density at radius 2 is 1.36 bits per heavy atom. The summed E-state index contributed by atoms with van der Waals surface area (Å²) in [6, 6.07) is 10.6. The summed E-state index contributed by atoms with van der Waals surface area (Å²) >= 11 is 0. The largest absolute Gasteiger partial charge is 0.416 e. The Morgan fingerprint density at radius 1 is 0.773 bits per heavy atom. The number of carbonyl (C=O) groups excluding carboxylic acids is 2. The molecule has 3 rings (SSSR count). The van der Waals surface area contributed by atoms with Crippen LogP contribution >= 0.6 is 0 Å². The summed E-state index contributed by atoms with van der Waals surface area (Å²) in [6.07, 6.45) is -3.26. The number of ketones is 2. The van der Waals surface area contributed by atoms with Crippen LogP contribution in [-0.2, 0) is 6.18 Å². The van der Waals surface area contributed by atoms with Crippen molar-refractivity contribution in [1.82, 2.24) is 0 Å². The molecule has 0 atom stereocenters. The van der Waals surface area contributed by atoms with Gasteiger partial charge in [0, 0.05) is 16.7 Å². The first-order chi connectivity index (χ1) is 10.4. The molecule has 0 N–H and O–H groups in total. The summed E-state index contributed by atoms with van der Waals surface area (Å²) < 4.78 is 37.7. The molecule has 2 aromatic carbocycles. The topological polar surface area (TPSA) is 34.1 Å². The zero-order valence-corrected chi connectivity index (χ0v) is 11.1. The van der Waals surface area contributed by atoms with Gasteiger partial charge in [-0.15, -0.1) is 0 Å². The molecule has 5 heteroatoms. The lowest BCUT2D eigenvalue weighted by molar-refractivity contribution is -0.137. The molecule has 0 saturated carbocycles. The summed E-state index contributed by atoms with van der Waals surface area (Å²) in [5.41, 5.74) is 0.179. The van der Waals surface area contributed by atoms with Crippen LogP contribution in [0.3, 0.4) is 0 Å². The lowest BCUT2D eigenvalue weighted by atomic mass is 9.86. The first-order valence-electron chi connectivity index (χ1n) is 6.45. The molecule has 1 aliphatic rings. The molecule has 110 valence electrons. The van der Waals surface area contributed by atoms with Crippen molar-refractivity contribution in [2.75, 3.05) is 0 Å². The standard InChI is InChI=1S/C17H9F3O2/c18-17(19,20)11-7-5-10(6-8-11)14-9-15(21)12-3-1-2-4-13(12)16(14)22/h1-9H. The molecule has 0 aliphatic heterocycles. The Morgan fingerprint density at radius 3 is 1.95 bits per heavy atom. The maximum Gasteiger partial charge on any atom is 0.416 e. The smallest absolute Gasteiger partial charge is 0.289 e.